The molecule has 0 radical (unpaired) electrons. The highest BCUT2D eigenvalue weighted by molar-refractivity contribution is 5.80. The quantitative estimate of drug-likeness (QED) is 0.760. The van der Waals surface area contributed by atoms with Gasteiger partial charge in [-0.1, -0.05) is 25.5 Å². The Morgan fingerprint density at radius 2 is 2.08 bits per heavy atom. The molecule has 3 aromatic rings. The zero-order chi connectivity index (χ0) is 17.9. The van der Waals surface area contributed by atoms with Crippen molar-refractivity contribution >= 4 is 5.65 Å². The Morgan fingerprint density at radius 3 is 2.77 bits per heavy atom. The summed E-state index contributed by atoms with van der Waals surface area (Å²) in [5.74, 6) is 1.36. The van der Waals surface area contributed by atoms with Crippen LogP contribution in [0.15, 0.2) is 36.5 Å². The summed E-state index contributed by atoms with van der Waals surface area (Å²) in [4.78, 5) is 4.71. The maximum atomic E-state index is 5.31. The average molecular weight is 350 g/mol. The molecule has 1 aliphatic rings. The molecule has 1 N–H and O–H groups in total. The number of nitrogens with one attached hydrogen (secondary N) is 1. The van der Waals surface area contributed by atoms with Gasteiger partial charge in [-0.2, -0.15) is 5.10 Å². The molecule has 1 aliphatic heterocycles. The lowest BCUT2D eigenvalue weighted by Crippen LogP contribution is -2.29. The summed E-state index contributed by atoms with van der Waals surface area (Å²) in [7, 11) is 1.69. The van der Waals surface area contributed by atoms with E-state index in [1.807, 2.05) is 18.3 Å². The van der Waals surface area contributed by atoms with Crippen LogP contribution >= 0.6 is 0 Å². The Labute approximate surface area is 154 Å². The number of hydrogen-bond acceptors (Lipinski definition) is 4. The van der Waals surface area contributed by atoms with E-state index in [1.54, 1.807) is 7.11 Å². The Balaban J connectivity index is 1.86. The molecule has 26 heavy (non-hydrogen) atoms. The van der Waals surface area contributed by atoms with Crippen LogP contribution in [0.25, 0.3) is 16.8 Å². The van der Waals surface area contributed by atoms with E-state index in [0.29, 0.717) is 5.92 Å². The number of methoxy groups -OCH3 is 1. The van der Waals surface area contributed by atoms with Gasteiger partial charge in [-0.25, -0.2) is 9.50 Å². The predicted octanol–water partition coefficient (Wildman–Crippen LogP) is 3.82. The van der Waals surface area contributed by atoms with Crippen LogP contribution < -0.4 is 10.1 Å². The van der Waals surface area contributed by atoms with E-state index in [2.05, 4.69) is 35.0 Å². The third-order valence-corrected chi connectivity index (χ3v) is 5.20. The van der Waals surface area contributed by atoms with E-state index in [-0.39, 0.29) is 0 Å². The van der Waals surface area contributed by atoms with E-state index in [0.717, 1.165) is 54.1 Å². The van der Waals surface area contributed by atoms with Crippen LogP contribution in [-0.2, 0) is 6.42 Å². The Morgan fingerprint density at radius 1 is 1.23 bits per heavy atom. The molecule has 5 nitrogen and oxygen atoms in total. The van der Waals surface area contributed by atoms with Crippen LogP contribution in [0.4, 0.5) is 0 Å². The summed E-state index contributed by atoms with van der Waals surface area (Å²) in [5, 5.41) is 8.51. The summed E-state index contributed by atoms with van der Waals surface area (Å²) < 4.78 is 7.39. The van der Waals surface area contributed by atoms with Crippen LogP contribution in [0, 0.1) is 0 Å². The first-order valence-corrected chi connectivity index (χ1v) is 9.53. The maximum absolute atomic E-state index is 5.31. The van der Waals surface area contributed by atoms with E-state index in [9.17, 15) is 0 Å². The molecule has 0 bridgehead atoms. The van der Waals surface area contributed by atoms with Gasteiger partial charge in [0.15, 0.2) is 5.65 Å². The first-order valence-electron chi connectivity index (χ1n) is 9.53. The maximum Gasteiger partial charge on any atom is 0.163 e. The lowest BCUT2D eigenvalue weighted by atomic mass is 9.96. The van der Waals surface area contributed by atoms with Crippen LogP contribution in [0.2, 0.25) is 0 Å². The number of nitrogens with zero attached hydrogens (tertiary/aromatic N) is 3. The summed E-state index contributed by atoms with van der Waals surface area (Å²) >= 11 is 0. The molecule has 2 aromatic heterocycles. The van der Waals surface area contributed by atoms with Gasteiger partial charge in [-0.3, -0.25) is 0 Å². The van der Waals surface area contributed by atoms with Crippen LogP contribution in [0.5, 0.6) is 5.75 Å². The number of fused-ring (bicyclic) bond motifs is 1. The highest BCUT2D eigenvalue weighted by Gasteiger charge is 2.22. The van der Waals surface area contributed by atoms with E-state index < -0.39 is 0 Å². The molecule has 1 saturated heterocycles. The summed E-state index contributed by atoms with van der Waals surface area (Å²) in [6.07, 6.45) is 6.36. The molecule has 0 spiro atoms. The summed E-state index contributed by atoms with van der Waals surface area (Å²) in [6, 6.07) is 10.3. The molecule has 1 atom stereocenters. The number of piperidine rings is 1. The molecule has 3 heterocycles. The van der Waals surface area contributed by atoms with Gasteiger partial charge in [0.25, 0.3) is 0 Å². The average Bonchev–Trinajstić information content (AvgIpc) is 3.07. The molecule has 136 valence electrons. The molecule has 5 heteroatoms. The van der Waals surface area contributed by atoms with Crippen LogP contribution in [0.3, 0.4) is 0 Å². The van der Waals surface area contributed by atoms with Gasteiger partial charge in [-0.15, -0.1) is 0 Å². The number of rotatable bonds is 5. The fraction of sp³-hybridized carbons (Fsp3) is 0.429. The van der Waals surface area contributed by atoms with Crippen molar-refractivity contribution in [2.24, 2.45) is 0 Å². The lowest BCUT2D eigenvalue weighted by molar-refractivity contribution is 0.415. The summed E-state index contributed by atoms with van der Waals surface area (Å²) in [5.41, 5.74) is 5.65. The molecular weight excluding hydrogens is 324 g/mol. The minimum absolute atomic E-state index is 0.493. The van der Waals surface area contributed by atoms with Gasteiger partial charge in [0.05, 0.1) is 18.5 Å². The van der Waals surface area contributed by atoms with Crippen LogP contribution in [-0.4, -0.2) is 34.8 Å². The van der Waals surface area contributed by atoms with Crippen LogP contribution in [0.1, 0.15) is 43.5 Å². The van der Waals surface area contributed by atoms with Crippen molar-refractivity contribution in [3.63, 3.8) is 0 Å². The molecular formula is C21H26N4O. The third-order valence-electron chi connectivity index (χ3n) is 5.20. The minimum Gasteiger partial charge on any atom is -0.497 e. The Hall–Kier alpha value is -2.40. The van der Waals surface area contributed by atoms with Gasteiger partial charge in [0.1, 0.15) is 5.75 Å². The molecule has 1 fully saturated rings. The largest absolute Gasteiger partial charge is 0.497 e. The van der Waals surface area contributed by atoms with Gasteiger partial charge in [0.2, 0.25) is 0 Å². The minimum atomic E-state index is 0.493. The SMILES string of the molecule is CCCc1nn2c(C3CCCNC3)ccnc2c1-c1ccc(OC)cc1. The second kappa shape index (κ2) is 7.46. The smallest absolute Gasteiger partial charge is 0.163 e. The van der Waals surface area contributed by atoms with E-state index >= 15 is 0 Å². The van der Waals surface area contributed by atoms with E-state index in [4.69, 9.17) is 14.8 Å². The Kier molecular flexibility index (Phi) is 4.89. The fourth-order valence-electron chi connectivity index (χ4n) is 3.89. The molecule has 1 aromatic carbocycles. The van der Waals surface area contributed by atoms with Gasteiger partial charge in [-0.05, 0) is 49.6 Å². The first-order chi connectivity index (χ1) is 12.8. The highest BCUT2D eigenvalue weighted by atomic mass is 16.5. The van der Waals surface area contributed by atoms with E-state index in [1.165, 1.54) is 18.5 Å². The molecule has 4 rings (SSSR count). The van der Waals surface area contributed by atoms with Crippen molar-refractivity contribution in [3.8, 4) is 16.9 Å². The number of aryl methyl sites for hydroxylation is 1. The fourth-order valence-corrected chi connectivity index (χ4v) is 3.89. The zero-order valence-electron chi connectivity index (χ0n) is 15.5. The standard InChI is InChI=1S/C21H26N4O/c1-3-5-18-20(15-7-9-17(26-2)10-8-15)21-23-13-11-19(25(21)24-18)16-6-4-12-22-14-16/h7-11,13,16,22H,3-6,12,14H2,1-2H3. The topological polar surface area (TPSA) is 51.5 Å². The van der Waals surface area contributed by atoms with Crippen molar-refractivity contribution in [1.82, 2.24) is 19.9 Å². The number of benzene rings is 1. The second-order valence-electron chi connectivity index (χ2n) is 6.95. The summed E-state index contributed by atoms with van der Waals surface area (Å²) in [6.45, 7) is 4.32. The normalized spacial score (nSPS) is 17.5. The van der Waals surface area contributed by atoms with Crippen molar-refractivity contribution in [2.75, 3.05) is 20.2 Å². The van der Waals surface area contributed by atoms with Gasteiger partial charge < -0.3 is 10.1 Å². The van der Waals surface area contributed by atoms with Crippen molar-refractivity contribution < 1.29 is 4.74 Å². The monoisotopic (exact) mass is 350 g/mol. The first kappa shape index (κ1) is 17.0. The second-order valence-corrected chi connectivity index (χ2v) is 6.95. The number of hydrogen-bond donors (Lipinski definition) is 1. The molecule has 0 aliphatic carbocycles. The molecule has 1 unspecified atom stereocenters. The van der Waals surface area contributed by atoms with Gasteiger partial charge in [0, 0.05) is 24.2 Å². The van der Waals surface area contributed by atoms with Crippen molar-refractivity contribution in [3.05, 3.63) is 47.9 Å². The number of ether oxygens (including phenoxy) is 1. The predicted molar refractivity (Wildman–Crippen MR) is 104 cm³/mol. The Bertz CT molecular complexity index is 879. The third kappa shape index (κ3) is 3.07. The van der Waals surface area contributed by atoms with Gasteiger partial charge >= 0.3 is 0 Å². The molecule has 0 saturated carbocycles. The molecule has 0 amide bonds. The lowest BCUT2D eigenvalue weighted by Gasteiger charge is -2.23. The van der Waals surface area contributed by atoms with Crippen molar-refractivity contribution in [2.45, 2.75) is 38.5 Å². The van der Waals surface area contributed by atoms with Crippen molar-refractivity contribution in [1.29, 1.82) is 0 Å². The zero-order valence-corrected chi connectivity index (χ0v) is 15.5. The number of aromatic nitrogens is 3. The highest BCUT2D eigenvalue weighted by Crippen LogP contribution is 2.32.